The quantitative estimate of drug-likeness (QED) is 0.735. The minimum Gasteiger partial charge on any atom is -1.00 e. The summed E-state index contributed by atoms with van der Waals surface area (Å²) in [5, 5.41) is 8.63. The van der Waals surface area contributed by atoms with Gasteiger partial charge in [0.1, 0.15) is 4.47 Å². The zero-order chi connectivity index (χ0) is 9.14. The third kappa shape index (κ3) is 3.58. The van der Waals surface area contributed by atoms with E-state index in [1.54, 1.807) is 0 Å². The number of nitrogens with zero attached hydrogens (tertiary/aromatic N) is 1. The second-order valence-electron chi connectivity index (χ2n) is 1.87. The van der Waals surface area contributed by atoms with Gasteiger partial charge < -0.3 is 11.3 Å². The van der Waals surface area contributed by atoms with E-state index in [0.29, 0.717) is 17.0 Å². The standard InChI is InChI=1S/C6H6BrNO3S.K.H/c1-2-11-5-3(7)4(6(9)10)12-8-5;;/h2H2,1H3,(H,9,10);;/q;+1;-1. The van der Waals surface area contributed by atoms with Crippen molar-refractivity contribution in [1.29, 1.82) is 0 Å². The van der Waals surface area contributed by atoms with Gasteiger partial charge in [0.05, 0.1) is 6.61 Å². The predicted octanol–water partition coefficient (Wildman–Crippen LogP) is -0.881. The minimum atomic E-state index is -0.995. The SMILES string of the molecule is CCOc1nsc(C(=O)O)c1Br.[H-].[K+]. The van der Waals surface area contributed by atoms with E-state index in [4.69, 9.17) is 9.84 Å². The Bertz CT molecular complexity index is 309. The summed E-state index contributed by atoms with van der Waals surface area (Å²) in [6.07, 6.45) is 0. The van der Waals surface area contributed by atoms with Gasteiger partial charge >= 0.3 is 57.4 Å². The monoisotopic (exact) mass is 291 g/mol. The Morgan fingerprint density at radius 2 is 2.46 bits per heavy atom. The molecule has 1 aromatic heterocycles. The van der Waals surface area contributed by atoms with Crippen molar-refractivity contribution in [3.05, 3.63) is 9.35 Å². The molecule has 1 heterocycles. The van der Waals surface area contributed by atoms with Crippen LogP contribution < -0.4 is 56.1 Å². The van der Waals surface area contributed by atoms with Crippen molar-refractivity contribution in [2.24, 2.45) is 0 Å². The van der Waals surface area contributed by atoms with Crippen LogP contribution in [0.15, 0.2) is 4.47 Å². The van der Waals surface area contributed by atoms with Gasteiger partial charge in [0.25, 0.3) is 0 Å². The molecule has 1 aromatic rings. The molecule has 13 heavy (non-hydrogen) atoms. The van der Waals surface area contributed by atoms with Crippen LogP contribution in [0.3, 0.4) is 0 Å². The van der Waals surface area contributed by atoms with Crippen molar-refractivity contribution in [3.63, 3.8) is 0 Å². The van der Waals surface area contributed by atoms with Crippen molar-refractivity contribution in [2.45, 2.75) is 6.92 Å². The number of carboxylic acid groups (broad SMARTS) is 1. The number of hydrogen-bond acceptors (Lipinski definition) is 4. The van der Waals surface area contributed by atoms with E-state index in [-0.39, 0.29) is 57.7 Å². The van der Waals surface area contributed by atoms with Gasteiger partial charge in [-0.3, -0.25) is 0 Å². The van der Waals surface area contributed by atoms with Crippen LogP contribution >= 0.6 is 27.5 Å². The average molecular weight is 292 g/mol. The number of carbonyl (C=O) groups is 1. The summed E-state index contributed by atoms with van der Waals surface area (Å²) in [5.74, 6) is -0.648. The normalized spacial score (nSPS) is 9.08. The molecule has 68 valence electrons. The molecule has 0 spiro atoms. The van der Waals surface area contributed by atoms with E-state index in [9.17, 15) is 4.79 Å². The molecule has 0 bridgehead atoms. The smallest absolute Gasteiger partial charge is 1.00 e. The van der Waals surface area contributed by atoms with Crippen LogP contribution in [0.4, 0.5) is 0 Å². The maximum Gasteiger partial charge on any atom is 1.00 e. The second kappa shape index (κ2) is 6.49. The van der Waals surface area contributed by atoms with Gasteiger partial charge in [0, 0.05) is 0 Å². The number of ether oxygens (including phenoxy) is 1. The summed E-state index contributed by atoms with van der Waals surface area (Å²) >= 11 is 4.00. The Morgan fingerprint density at radius 1 is 1.85 bits per heavy atom. The molecule has 0 radical (unpaired) electrons. The van der Waals surface area contributed by atoms with E-state index in [0.717, 1.165) is 11.5 Å². The molecule has 7 heteroatoms. The Balaban J connectivity index is 0. The van der Waals surface area contributed by atoms with Gasteiger partial charge in [-0.25, -0.2) is 4.79 Å². The fraction of sp³-hybridized carbons (Fsp3) is 0.333. The minimum absolute atomic E-state index is 0. The van der Waals surface area contributed by atoms with Crippen LogP contribution in [0.2, 0.25) is 0 Å². The maximum absolute atomic E-state index is 10.5. The molecule has 0 saturated heterocycles. The maximum atomic E-state index is 10.5. The summed E-state index contributed by atoms with van der Waals surface area (Å²) < 4.78 is 9.29. The summed E-state index contributed by atoms with van der Waals surface area (Å²) in [6.45, 7) is 2.29. The van der Waals surface area contributed by atoms with Crippen LogP contribution in [0.5, 0.6) is 5.88 Å². The third-order valence-corrected chi connectivity index (χ3v) is 2.90. The Morgan fingerprint density at radius 3 is 2.85 bits per heavy atom. The van der Waals surface area contributed by atoms with E-state index in [2.05, 4.69) is 20.3 Å². The summed E-state index contributed by atoms with van der Waals surface area (Å²) in [5.41, 5.74) is 0. The molecule has 0 amide bonds. The van der Waals surface area contributed by atoms with E-state index in [1.165, 1.54) is 0 Å². The van der Waals surface area contributed by atoms with Crippen molar-refractivity contribution in [1.82, 2.24) is 4.37 Å². The molecule has 0 aliphatic heterocycles. The number of halogens is 1. The molecular formula is C6H7BrKNO3S. The number of carboxylic acids is 1. The molecule has 0 aliphatic rings. The Hall–Kier alpha value is 1.02. The number of aromatic nitrogens is 1. The number of hydrogen-bond donors (Lipinski definition) is 1. The Kier molecular flexibility index (Phi) is 7.00. The molecule has 1 rings (SSSR count). The largest absolute Gasteiger partial charge is 1.00 e. The van der Waals surface area contributed by atoms with Gasteiger partial charge in [-0.2, -0.15) is 4.37 Å². The third-order valence-electron chi connectivity index (χ3n) is 1.08. The summed E-state index contributed by atoms with van der Waals surface area (Å²) in [4.78, 5) is 10.7. The molecule has 0 atom stereocenters. The van der Waals surface area contributed by atoms with Gasteiger partial charge in [0.2, 0.25) is 5.88 Å². The first-order chi connectivity index (χ1) is 5.66. The van der Waals surface area contributed by atoms with Crippen LogP contribution in [-0.2, 0) is 0 Å². The molecule has 0 saturated carbocycles. The van der Waals surface area contributed by atoms with E-state index >= 15 is 0 Å². The molecule has 1 N–H and O–H groups in total. The summed E-state index contributed by atoms with van der Waals surface area (Å²) in [7, 11) is 0. The number of rotatable bonds is 3. The first kappa shape index (κ1) is 14.0. The van der Waals surface area contributed by atoms with E-state index in [1.807, 2.05) is 6.92 Å². The zero-order valence-electron chi connectivity index (χ0n) is 8.20. The molecule has 0 aliphatic carbocycles. The first-order valence-electron chi connectivity index (χ1n) is 3.18. The first-order valence-corrected chi connectivity index (χ1v) is 4.74. The fourth-order valence-corrected chi connectivity index (χ4v) is 1.89. The summed E-state index contributed by atoms with van der Waals surface area (Å²) in [6, 6.07) is 0. The molecular weight excluding hydrogens is 285 g/mol. The number of aromatic carboxylic acids is 1. The zero-order valence-corrected chi connectivity index (χ0v) is 12.7. The van der Waals surface area contributed by atoms with Gasteiger partial charge in [-0.15, -0.1) is 0 Å². The van der Waals surface area contributed by atoms with Crippen molar-refractivity contribution >= 4 is 33.4 Å². The second-order valence-corrected chi connectivity index (χ2v) is 3.44. The van der Waals surface area contributed by atoms with Crippen molar-refractivity contribution in [2.75, 3.05) is 6.61 Å². The molecule has 0 fully saturated rings. The Labute approximate surface area is 132 Å². The van der Waals surface area contributed by atoms with Crippen LogP contribution in [0.25, 0.3) is 0 Å². The fourth-order valence-electron chi connectivity index (χ4n) is 0.624. The topological polar surface area (TPSA) is 59.4 Å². The van der Waals surface area contributed by atoms with Crippen molar-refractivity contribution in [3.8, 4) is 5.88 Å². The van der Waals surface area contributed by atoms with Crippen LogP contribution in [-0.4, -0.2) is 22.1 Å². The predicted molar refractivity (Wildman–Crippen MR) is 49.1 cm³/mol. The van der Waals surface area contributed by atoms with Crippen LogP contribution in [0, 0.1) is 0 Å². The van der Waals surface area contributed by atoms with Crippen LogP contribution in [0.1, 0.15) is 18.0 Å². The van der Waals surface area contributed by atoms with Gasteiger partial charge in [0.15, 0.2) is 4.88 Å². The van der Waals surface area contributed by atoms with Crippen molar-refractivity contribution < 1.29 is 67.4 Å². The molecule has 4 nitrogen and oxygen atoms in total. The van der Waals surface area contributed by atoms with Gasteiger partial charge in [-0.1, -0.05) is 0 Å². The van der Waals surface area contributed by atoms with Gasteiger partial charge in [-0.05, 0) is 34.4 Å². The van der Waals surface area contributed by atoms with E-state index < -0.39 is 5.97 Å². The molecule has 0 unspecified atom stereocenters. The average Bonchev–Trinajstić information content (AvgIpc) is 2.34. The molecule has 0 aromatic carbocycles.